The summed E-state index contributed by atoms with van der Waals surface area (Å²) in [5.41, 5.74) is 1.88. The third kappa shape index (κ3) is 2.90. The molecule has 0 saturated heterocycles. The first-order chi connectivity index (χ1) is 8.63. The van der Waals surface area contributed by atoms with Gasteiger partial charge in [0, 0.05) is 12.8 Å². The predicted molar refractivity (Wildman–Crippen MR) is 76.4 cm³/mol. The minimum absolute atomic E-state index is 0.241. The molecule has 2 nitrogen and oxygen atoms in total. The topological polar surface area (TPSA) is 17.8 Å². The number of hydrogen-bond donors (Lipinski definition) is 0. The van der Waals surface area contributed by atoms with Crippen molar-refractivity contribution in [3.8, 4) is 0 Å². The summed E-state index contributed by atoms with van der Waals surface area (Å²) in [5, 5.41) is 0.877. The van der Waals surface area contributed by atoms with E-state index >= 15 is 0 Å². The van der Waals surface area contributed by atoms with Gasteiger partial charge in [0.2, 0.25) is 0 Å². The van der Waals surface area contributed by atoms with Gasteiger partial charge in [0.05, 0.1) is 22.2 Å². The largest absolute Gasteiger partial charge is 0.325 e. The van der Waals surface area contributed by atoms with Crippen molar-refractivity contribution in [1.82, 2.24) is 9.55 Å². The molecule has 1 aromatic heterocycles. The van der Waals surface area contributed by atoms with Crippen molar-refractivity contribution in [2.45, 2.75) is 16.8 Å². The maximum Gasteiger partial charge on any atom is 0.168 e. The van der Waals surface area contributed by atoms with E-state index in [0.29, 0.717) is 16.1 Å². The van der Waals surface area contributed by atoms with E-state index in [-0.39, 0.29) is 5.82 Å². The number of nitrogens with zero attached hydrogens (tertiary/aromatic N) is 2. The molecule has 1 heterocycles. The molecule has 0 amide bonds. The number of alkyl halides is 1. The van der Waals surface area contributed by atoms with Crippen LogP contribution in [0.25, 0.3) is 0 Å². The van der Waals surface area contributed by atoms with Gasteiger partial charge in [-0.2, -0.15) is 0 Å². The molecule has 0 aliphatic heterocycles. The molecule has 0 N–H and O–H groups in total. The average Bonchev–Trinajstić information content (AvgIpc) is 2.72. The number of benzene rings is 1. The maximum absolute atomic E-state index is 13.3. The minimum atomic E-state index is -0.241. The Labute approximate surface area is 123 Å². The van der Waals surface area contributed by atoms with E-state index < -0.39 is 0 Å². The van der Waals surface area contributed by atoms with Crippen molar-refractivity contribution >= 4 is 39.3 Å². The van der Waals surface area contributed by atoms with Crippen molar-refractivity contribution in [1.29, 1.82) is 0 Å². The van der Waals surface area contributed by atoms with Gasteiger partial charge in [0.15, 0.2) is 5.16 Å². The first-order valence-electron chi connectivity index (χ1n) is 5.25. The van der Waals surface area contributed by atoms with Crippen LogP contribution in [0.1, 0.15) is 11.3 Å². The number of hydrogen-bond acceptors (Lipinski definition) is 2. The fourth-order valence-electron chi connectivity index (χ4n) is 1.49. The van der Waals surface area contributed by atoms with Gasteiger partial charge >= 0.3 is 0 Å². The van der Waals surface area contributed by atoms with Gasteiger partial charge in [-0.05, 0) is 27.6 Å². The van der Waals surface area contributed by atoms with Crippen LogP contribution in [0.15, 0.2) is 34.0 Å². The SMILES string of the molecule is Cn1c(CCl)cnc1SCc1cccc(F)c1Br. The summed E-state index contributed by atoms with van der Waals surface area (Å²) < 4.78 is 15.8. The number of aromatic nitrogens is 2. The van der Waals surface area contributed by atoms with E-state index in [9.17, 15) is 4.39 Å². The lowest BCUT2D eigenvalue weighted by Gasteiger charge is -2.06. The number of thioether (sulfide) groups is 1. The normalized spacial score (nSPS) is 10.9. The molecule has 0 spiro atoms. The number of rotatable bonds is 4. The standard InChI is InChI=1S/C12H11BrClFN2S/c1-17-9(5-14)6-16-12(17)18-7-8-3-2-4-10(15)11(8)13/h2-4,6H,5,7H2,1H3. The van der Waals surface area contributed by atoms with Crippen molar-refractivity contribution in [2.24, 2.45) is 7.05 Å². The van der Waals surface area contributed by atoms with Crippen LogP contribution in [0.2, 0.25) is 0 Å². The Hall–Kier alpha value is -0.520. The third-order valence-corrected chi connectivity index (χ3v) is 4.82. The Morgan fingerprint density at radius 3 is 2.94 bits per heavy atom. The van der Waals surface area contributed by atoms with Crippen LogP contribution in [0.3, 0.4) is 0 Å². The third-order valence-electron chi connectivity index (χ3n) is 2.57. The molecule has 2 rings (SSSR count). The average molecular weight is 350 g/mol. The first kappa shape index (κ1) is 13.9. The second kappa shape index (κ2) is 6.08. The molecule has 2 aromatic rings. The van der Waals surface area contributed by atoms with Crippen molar-refractivity contribution in [2.75, 3.05) is 0 Å². The highest BCUT2D eigenvalue weighted by Crippen LogP contribution is 2.28. The molecule has 0 saturated carbocycles. The molecule has 0 fully saturated rings. The Morgan fingerprint density at radius 1 is 1.50 bits per heavy atom. The highest BCUT2D eigenvalue weighted by atomic mass is 79.9. The predicted octanol–water partition coefficient (Wildman–Crippen LogP) is 4.35. The zero-order valence-corrected chi connectivity index (χ0v) is 12.8. The molecule has 0 aliphatic carbocycles. The van der Waals surface area contributed by atoms with Crippen LogP contribution < -0.4 is 0 Å². The summed E-state index contributed by atoms with van der Waals surface area (Å²) in [6.07, 6.45) is 1.76. The Balaban J connectivity index is 2.11. The monoisotopic (exact) mass is 348 g/mol. The first-order valence-corrected chi connectivity index (χ1v) is 7.57. The molecule has 6 heteroatoms. The van der Waals surface area contributed by atoms with E-state index in [1.807, 2.05) is 17.7 Å². The molecule has 0 bridgehead atoms. The molecule has 0 aliphatic rings. The van der Waals surface area contributed by atoms with E-state index in [1.165, 1.54) is 6.07 Å². The van der Waals surface area contributed by atoms with Crippen LogP contribution in [-0.4, -0.2) is 9.55 Å². The van der Waals surface area contributed by atoms with E-state index in [2.05, 4.69) is 20.9 Å². The molecule has 1 aromatic carbocycles. The van der Waals surface area contributed by atoms with Gasteiger partial charge in [-0.25, -0.2) is 9.37 Å². The van der Waals surface area contributed by atoms with Gasteiger partial charge in [0.1, 0.15) is 5.82 Å². The fourth-order valence-corrected chi connectivity index (χ4v) is 3.29. The summed E-state index contributed by atoms with van der Waals surface area (Å²) in [6.45, 7) is 0. The number of halogens is 3. The second-order valence-corrected chi connectivity index (χ2v) is 5.73. The van der Waals surface area contributed by atoms with Gasteiger partial charge < -0.3 is 4.57 Å². The molecule has 0 unspecified atom stereocenters. The molecule has 0 radical (unpaired) electrons. The zero-order chi connectivity index (χ0) is 13.1. The number of imidazole rings is 1. The lowest BCUT2D eigenvalue weighted by Crippen LogP contribution is -1.96. The molecular formula is C12H11BrClFN2S. The van der Waals surface area contributed by atoms with Crippen LogP contribution >= 0.6 is 39.3 Å². The highest BCUT2D eigenvalue weighted by Gasteiger charge is 2.09. The van der Waals surface area contributed by atoms with E-state index in [1.54, 1.807) is 24.0 Å². The van der Waals surface area contributed by atoms with Gasteiger partial charge in [-0.15, -0.1) is 11.6 Å². The van der Waals surface area contributed by atoms with Crippen molar-refractivity contribution in [3.05, 3.63) is 45.9 Å². The highest BCUT2D eigenvalue weighted by molar-refractivity contribution is 9.10. The Morgan fingerprint density at radius 2 is 2.28 bits per heavy atom. The Bertz CT molecular complexity index is 559. The summed E-state index contributed by atoms with van der Waals surface area (Å²) in [7, 11) is 1.92. The lowest BCUT2D eigenvalue weighted by atomic mass is 10.2. The molecular weight excluding hydrogens is 339 g/mol. The Kier molecular flexibility index (Phi) is 4.70. The lowest BCUT2D eigenvalue weighted by molar-refractivity contribution is 0.619. The van der Waals surface area contributed by atoms with Crippen LogP contribution in [-0.2, 0) is 18.7 Å². The molecule has 0 atom stereocenters. The van der Waals surface area contributed by atoms with Gasteiger partial charge in [0.25, 0.3) is 0 Å². The zero-order valence-electron chi connectivity index (χ0n) is 9.66. The summed E-state index contributed by atoms with van der Waals surface area (Å²) in [5.74, 6) is 0.855. The van der Waals surface area contributed by atoms with Crippen LogP contribution in [0.5, 0.6) is 0 Å². The van der Waals surface area contributed by atoms with Gasteiger partial charge in [-0.3, -0.25) is 0 Å². The van der Waals surface area contributed by atoms with Crippen LogP contribution in [0.4, 0.5) is 4.39 Å². The van der Waals surface area contributed by atoms with Crippen molar-refractivity contribution < 1.29 is 4.39 Å². The van der Waals surface area contributed by atoms with E-state index in [0.717, 1.165) is 16.4 Å². The van der Waals surface area contributed by atoms with Gasteiger partial charge in [-0.1, -0.05) is 23.9 Å². The van der Waals surface area contributed by atoms with Crippen LogP contribution in [0, 0.1) is 5.82 Å². The summed E-state index contributed by atoms with van der Waals surface area (Å²) in [6, 6.07) is 5.04. The van der Waals surface area contributed by atoms with Crippen molar-refractivity contribution in [3.63, 3.8) is 0 Å². The van der Waals surface area contributed by atoms with E-state index in [4.69, 9.17) is 11.6 Å². The quantitative estimate of drug-likeness (QED) is 0.603. The molecule has 96 valence electrons. The second-order valence-electron chi connectivity index (χ2n) is 3.73. The summed E-state index contributed by atoms with van der Waals surface area (Å²) in [4.78, 5) is 4.29. The summed E-state index contributed by atoms with van der Waals surface area (Å²) >= 11 is 10.6. The minimum Gasteiger partial charge on any atom is -0.325 e. The fraction of sp³-hybridized carbons (Fsp3) is 0.250. The maximum atomic E-state index is 13.3. The smallest absolute Gasteiger partial charge is 0.168 e. The molecule has 18 heavy (non-hydrogen) atoms.